The summed E-state index contributed by atoms with van der Waals surface area (Å²) in [7, 11) is 1.73. The number of ether oxygens (including phenoxy) is 1. The fourth-order valence-corrected chi connectivity index (χ4v) is 4.55. The molecule has 158 valence electrons. The summed E-state index contributed by atoms with van der Waals surface area (Å²) in [6, 6.07) is 11.2. The fraction of sp³-hybridized carbons (Fsp3) is 0.409. The number of nitrogens with zero attached hydrogens (tertiary/aromatic N) is 3. The Morgan fingerprint density at radius 3 is 2.73 bits per heavy atom. The molecule has 0 radical (unpaired) electrons. The second kappa shape index (κ2) is 8.29. The van der Waals surface area contributed by atoms with E-state index in [1.807, 2.05) is 12.1 Å². The molecule has 30 heavy (non-hydrogen) atoms. The predicted molar refractivity (Wildman–Crippen MR) is 119 cm³/mol. The van der Waals surface area contributed by atoms with Crippen LogP contribution in [0, 0.1) is 0 Å². The maximum absolute atomic E-state index is 12.6. The molecule has 4 rings (SSSR count). The highest BCUT2D eigenvalue weighted by Gasteiger charge is 2.26. The number of hydrogen-bond donors (Lipinski definition) is 2. The molecule has 8 heteroatoms. The van der Waals surface area contributed by atoms with Crippen LogP contribution in [-0.2, 0) is 10.3 Å². The molecule has 1 aliphatic heterocycles. The number of fused-ring (bicyclic) bond motifs is 1. The normalized spacial score (nSPS) is 16.9. The average Bonchev–Trinajstić information content (AvgIpc) is 3.33. The zero-order chi connectivity index (χ0) is 21.3. The smallest absolute Gasteiger partial charge is 0.257 e. The number of carbonyl (C=O) groups is 1. The molecule has 3 aromatic rings. The average molecular weight is 427 g/mol. The Labute approximate surface area is 179 Å². The van der Waals surface area contributed by atoms with E-state index < -0.39 is 5.60 Å². The lowest BCUT2D eigenvalue weighted by Gasteiger charge is -2.24. The minimum atomic E-state index is -0.941. The summed E-state index contributed by atoms with van der Waals surface area (Å²) in [6.07, 6.45) is 2.23. The summed E-state index contributed by atoms with van der Waals surface area (Å²) in [5.41, 5.74) is 1.09. The zero-order valence-corrected chi connectivity index (χ0v) is 18.2. The van der Waals surface area contributed by atoms with Gasteiger partial charge < -0.3 is 14.7 Å². The number of aliphatic hydroxyl groups is 1. The van der Waals surface area contributed by atoms with Crippen LogP contribution in [0.4, 0.5) is 10.9 Å². The van der Waals surface area contributed by atoms with E-state index in [1.165, 1.54) is 11.3 Å². The first kappa shape index (κ1) is 20.7. The van der Waals surface area contributed by atoms with Gasteiger partial charge in [-0.15, -0.1) is 0 Å². The van der Waals surface area contributed by atoms with Crippen LogP contribution in [0.2, 0.25) is 0 Å². The summed E-state index contributed by atoms with van der Waals surface area (Å²) in [4.78, 5) is 24.9. The topological polar surface area (TPSA) is 87.6 Å². The van der Waals surface area contributed by atoms with Crippen molar-refractivity contribution in [2.75, 3.05) is 30.5 Å². The quantitative estimate of drug-likeness (QED) is 0.624. The van der Waals surface area contributed by atoms with Crippen molar-refractivity contribution in [2.45, 2.75) is 38.3 Å². The molecule has 2 N–H and O–H groups in total. The van der Waals surface area contributed by atoms with E-state index in [-0.39, 0.29) is 5.91 Å². The monoisotopic (exact) mass is 426 g/mol. The second-order valence-corrected chi connectivity index (χ2v) is 9.03. The number of aromatic nitrogens is 2. The molecule has 3 heterocycles. The SMILES string of the molecule is COC[C@@H]1CCCN1c1ccc2nc(NC(=O)c3ccc(C(C)(C)O)cc3)sc2n1. The standard InChI is InChI=1S/C22H26N4O3S/c1-22(2,28)15-8-6-14(7-9-15)19(27)25-21-23-17-10-11-18(24-20(17)30-21)26-12-4-5-16(26)13-29-3/h6-11,16,28H,4-5,12-13H2,1-3H3,(H,23,25,27)/t16-/m0/s1. The van der Waals surface area contributed by atoms with Gasteiger partial charge in [-0.2, -0.15) is 0 Å². The predicted octanol–water partition coefficient (Wildman–Crippen LogP) is 3.79. The van der Waals surface area contributed by atoms with E-state index in [1.54, 1.807) is 45.2 Å². The minimum Gasteiger partial charge on any atom is -0.386 e. The third-order valence-corrected chi connectivity index (χ3v) is 6.23. The first-order chi connectivity index (χ1) is 14.3. The summed E-state index contributed by atoms with van der Waals surface area (Å²) < 4.78 is 5.34. The zero-order valence-electron chi connectivity index (χ0n) is 17.4. The van der Waals surface area contributed by atoms with Crippen LogP contribution >= 0.6 is 11.3 Å². The van der Waals surface area contributed by atoms with Crippen LogP contribution in [0.5, 0.6) is 0 Å². The lowest BCUT2D eigenvalue weighted by atomic mass is 9.97. The van der Waals surface area contributed by atoms with Crippen LogP contribution in [-0.4, -0.2) is 47.3 Å². The van der Waals surface area contributed by atoms with Gasteiger partial charge in [-0.1, -0.05) is 23.5 Å². The molecule has 2 aromatic heterocycles. The van der Waals surface area contributed by atoms with E-state index in [2.05, 4.69) is 15.2 Å². The Hall–Kier alpha value is -2.55. The fourth-order valence-electron chi connectivity index (χ4n) is 3.72. The largest absolute Gasteiger partial charge is 0.386 e. The number of pyridine rings is 1. The van der Waals surface area contributed by atoms with Gasteiger partial charge in [0.15, 0.2) is 5.13 Å². The number of hydrogen-bond acceptors (Lipinski definition) is 7. The number of carbonyl (C=O) groups excluding carboxylic acids is 1. The van der Waals surface area contributed by atoms with Crippen molar-refractivity contribution in [1.29, 1.82) is 0 Å². The molecule has 1 atom stereocenters. The highest BCUT2D eigenvalue weighted by Crippen LogP contribution is 2.30. The maximum Gasteiger partial charge on any atom is 0.257 e. The Morgan fingerprint density at radius 1 is 1.27 bits per heavy atom. The van der Waals surface area contributed by atoms with E-state index in [9.17, 15) is 9.90 Å². The van der Waals surface area contributed by atoms with Gasteiger partial charge in [0.1, 0.15) is 16.2 Å². The molecule has 7 nitrogen and oxygen atoms in total. The Morgan fingerprint density at radius 2 is 2.03 bits per heavy atom. The molecule has 0 saturated carbocycles. The number of amides is 1. The van der Waals surface area contributed by atoms with Crippen molar-refractivity contribution in [1.82, 2.24) is 9.97 Å². The summed E-state index contributed by atoms with van der Waals surface area (Å²) in [5, 5.41) is 13.4. The van der Waals surface area contributed by atoms with Gasteiger partial charge >= 0.3 is 0 Å². The highest BCUT2D eigenvalue weighted by atomic mass is 32.1. The number of nitrogens with one attached hydrogen (secondary N) is 1. The number of thiazole rings is 1. The van der Waals surface area contributed by atoms with Crippen molar-refractivity contribution < 1.29 is 14.6 Å². The third-order valence-electron chi connectivity index (χ3n) is 5.35. The van der Waals surface area contributed by atoms with Crippen molar-refractivity contribution >= 4 is 38.5 Å². The molecule has 1 saturated heterocycles. The molecule has 0 bridgehead atoms. The van der Waals surface area contributed by atoms with Gasteiger partial charge in [0.2, 0.25) is 0 Å². The van der Waals surface area contributed by atoms with Gasteiger partial charge in [0.05, 0.1) is 18.2 Å². The van der Waals surface area contributed by atoms with E-state index >= 15 is 0 Å². The number of methoxy groups -OCH3 is 1. The lowest BCUT2D eigenvalue weighted by Crippen LogP contribution is -2.33. The Bertz CT molecular complexity index is 1040. The molecule has 0 unspecified atom stereocenters. The summed E-state index contributed by atoms with van der Waals surface area (Å²) in [5.74, 6) is 0.682. The molecule has 0 spiro atoms. The van der Waals surface area contributed by atoms with E-state index in [0.717, 1.165) is 41.1 Å². The molecule has 0 aliphatic carbocycles. The Balaban J connectivity index is 1.50. The first-order valence-corrected chi connectivity index (χ1v) is 10.8. The van der Waals surface area contributed by atoms with Crippen LogP contribution in [0.25, 0.3) is 10.3 Å². The van der Waals surface area contributed by atoms with Crippen LogP contribution in [0.1, 0.15) is 42.6 Å². The summed E-state index contributed by atoms with van der Waals surface area (Å²) >= 11 is 1.36. The number of rotatable bonds is 6. The van der Waals surface area contributed by atoms with Crippen molar-refractivity contribution in [3.05, 3.63) is 47.5 Å². The van der Waals surface area contributed by atoms with Crippen LogP contribution in [0.15, 0.2) is 36.4 Å². The van der Waals surface area contributed by atoms with Gasteiger partial charge in [-0.05, 0) is 56.5 Å². The van der Waals surface area contributed by atoms with Crippen molar-refractivity contribution in [2.24, 2.45) is 0 Å². The molecule has 1 aliphatic rings. The van der Waals surface area contributed by atoms with Crippen molar-refractivity contribution in [3.8, 4) is 0 Å². The molecule has 1 aromatic carbocycles. The minimum absolute atomic E-state index is 0.240. The number of benzene rings is 1. The third kappa shape index (κ3) is 4.30. The van der Waals surface area contributed by atoms with Gasteiger partial charge in [0.25, 0.3) is 5.91 Å². The first-order valence-electron chi connectivity index (χ1n) is 10.0. The van der Waals surface area contributed by atoms with Crippen molar-refractivity contribution in [3.63, 3.8) is 0 Å². The van der Waals surface area contributed by atoms with Crippen LogP contribution < -0.4 is 10.2 Å². The second-order valence-electron chi connectivity index (χ2n) is 8.05. The highest BCUT2D eigenvalue weighted by molar-refractivity contribution is 7.22. The molecule has 1 amide bonds. The van der Waals surface area contributed by atoms with Gasteiger partial charge in [0, 0.05) is 19.2 Å². The molecular weight excluding hydrogens is 400 g/mol. The van der Waals surface area contributed by atoms with E-state index in [4.69, 9.17) is 9.72 Å². The summed E-state index contributed by atoms with van der Waals surface area (Å²) in [6.45, 7) is 5.08. The van der Waals surface area contributed by atoms with Gasteiger partial charge in [-0.25, -0.2) is 9.97 Å². The lowest BCUT2D eigenvalue weighted by molar-refractivity contribution is 0.0785. The Kier molecular flexibility index (Phi) is 5.73. The number of anilines is 2. The van der Waals surface area contributed by atoms with Crippen LogP contribution in [0.3, 0.4) is 0 Å². The maximum atomic E-state index is 12.6. The van der Waals surface area contributed by atoms with E-state index in [0.29, 0.717) is 23.3 Å². The van der Waals surface area contributed by atoms with Gasteiger partial charge in [-0.3, -0.25) is 10.1 Å². The molecule has 1 fully saturated rings. The molecular formula is C22H26N4O3S.